The molecular weight excluding hydrogens is 364 g/mol. The minimum absolute atomic E-state index is 0.101. The van der Waals surface area contributed by atoms with Crippen LogP contribution in [-0.4, -0.2) is 46.9 Å². The average Bonchev–Trinajstić information content (AvgIpc) is 3.26. The number of piperazine rings is 1. The van der Waals surface area contributed by atoms with Gasteiger partial charge in [0, 0.05) is 26.2 Å². The number of carbonyl (C=O) groups is 1. The zero-order valence-corrected chi connectivity index (χ0v) is 16.6. The van der Waals surface area contributed by atoms with Crippen LogP contribution in [0.15, 0.2) is 71.3 Å². The number of oxazole rings is 1. The van der Waals surface area contributed by atoms with E-state index in [1.807, 2.05) is 17.0 Å². The summed E-state index contributed by atoms with van der Waals surface area (Å²) in [5.41, 5.74) is 8.63. The molecule has 1 aliphatic heterocycles. The van der Waals surface area contributed by atoms with Gasteiger partial charge in [-0.3, -0.25) is 9.69 Å². The van der Waals surface area contributed by atoms with Crippen LogP contribution >= 0.6 is 0 Å². The van der Waals surface area contributed by atoms with Gasteiger partial charge in [-0.25, -0.2) is 4.98 Å². The lowest BCUT2D eigenvalue weighted by atomic mass is 9.96. The number of nitrogens with two attached hydrogens (primary N) is 1. The number of aromatic nitrogens is 1. The van der Waals surface area contributed by atoms with E-state index in [0.717, 1.165) is 13.1 Å². The zero-order chi connectivity index (χ0) is 20.2. The molecule has 1 aliphatic rings. The van der Waals surface area contributed by atoms with Gasteiger partial charge in [-0.1, -0.05) is 60.7 Å². The molecular formula is C23H26N4O2. The SMILES string of the molecule is CC(N)c1nc(C(=O)N2CCN(C(c3ccccc3)c3ccccc3)CC2)co1. The first kappa shape index (κ1) is 19.4. The van der Waals surface area contributed by atoms with Gasteiger partial charge < -0.3 is 15.1 Å². The highest BCUT2D eigenvalue weighted by molar-refractivity contribution is 5.92. The van der Waals surface area contributed by atoms with Crippen LogP contribution in [0.4, 0.5) is 0 Å². The summed E-state index contributed by atoms with van der Waals surface area (Å²) in [5.74, 6) is 0.288. The van der Waals surface area contributed by atoms with Crippen molar-refractivity contribution in [3.05, 3.63) is 89.6 Å². The van der Waals surface area contributed by atoms with E-state index >= 15 is 0 Å². The van der Waals surface area contributed by atoms with E-state index in [4.69, 9.17) is 10.2 Å². The lowest BCUT2D eigenvalue weighted by Crippen LogP contribution is -2.50. The van der Waals surface area contributed by atoms with Crippen LogP contribution in [0, 0.1) is 0 Å². The highest BCUT2D eigenvalue weighted by Gasteiger charge is 2.29. The van der Waals surface area contributed by atoms with Crippen LogP contribution in [-0.2, 0) is 0 Å². The molecule has 1 aromatic heterocycles. The smallest absolute Gasteiger partial charge is 0.275 e. The first-order chi connectivity index (χ1) is 14.1. The molecule has 2 aromatic carbocycles. The van der Waals surface area contributed by atoms with Gasteiger partial charge in [-0.2, -0.15) is 0 Å². The Morgan fingerprint density at radius 3 is 2.00 bits per heavy atom. The molecule has 0 spiro atoms. The summed E-state index contributed by atoms with van der Waals surface area (Å²) in [5, 5.41) is 0. The molecule has 29 heavy (non-hydrogen) atoms. The van der Waals surface area contributed by atoms with Gasteiger partial charge in [0.05, 0.1) is 12.1 Å². The fourth-order valence-electron chi connectivity index (χ4n) is 3.82. The third-order valence-electron chi connectivity index (χ3n) is 5.33. The van der Waals surface area contributed by atoms with Gasteiger partial charge in [0.25, 0.3) is 5.91 Å². The Morgan fingerprint density at radius 1 is 0.966 bits per heavy atom. The highest BCUT2D eigenvalue weighted by Crippen LogP contribution is 2.29. The van der Waals surface area contributed by atoms with E-state index in [2.05, 4.69) is 58.4 Å². The summed E-state index contributed by atoms with van der Waals surface area (Å²) in [6.07, 6.45) is 1.41. The third-order valence-corrected chi connectivity index (χ3v) is 5.33. The molecule has 1 amide bonds. The van der Waals surface area contributed by atoms with Crippen molar-refractivity contribution in [2.24, 2.45) is 5.73 Å². The second kappa shape index (κ2) is 8.59. The van der Waals surface area contributed by atoms with Crippen LogP contribution in [0.2, 0.25) is 0 Å². The Balaban J connectivity index is 1.48. The maximum atomic E-state index is 12.8. The van der Waals surface area contributed by atoms with Gasteiger partial charge in [0.2, 0.25) is 5.89 Å². The molecule has 1 unspecified atom stereocenters. The molecule has 4 rings (SSSR count). The van der Waals surface area contributed by atoms with Crippen LogP contribution < -0.4 is 5.73 Å². The third kappa shape index (κ3) is 4.23. The lowest BCUT2D eigenvalue weighted by Gasteiger charge is -2.39. The van der Waals surface area contributed by atoms with E-state index in [9.17, 15) is 4.79 Å². The fourth-order valence-corrected chi connectivity index (χ4v) is 3.82. The van der Waals surface area contributed by atoms with Gasteiger partial charge in [-0.05, 0) is 18.1 Å². The minimum atomic E-state index is -0.328. The summed E-state index contributed by atoms with van der Waals surface area (Å²) in [4.78, 5) is 21.3. The van der Waals surface area contributed by atoms with E-state index in [0.29, 0.717) is 24.7 Å². The molecule has 2 N–H and O–H groups in total. The number of nitrogens with zero attached hydrogens (tertiary/aromatic N) is 3. The average molecular weight is 390 g/mol. The fraction of sp³-hybridized carbons (Fsp3) is 0.304. The maximum absolute atomic E-state index is 12.8. The van der Waals surface area contributed by atoms with Crippen molar-refractivity contribution in [3.63, 3.8) is 0 Å². The number of benzene rings is 2. The monoisotopic (exact) mass is 390 g/mol. The Kier molecular flexibility index (Phi) is 5.74. The zero-order valence-electron chi connectivity index (χ0n) is 16.6. The summed E-state index contributed by atoms with van der Waals surface area (Å²) >= 11 is 0. The van der Waals surface area contributed by atoms with Gasteiger partial charge in [0.1, 0.15) is 6.26 Å². The van der Waals surface area contributed by atoms with Crippen LogP contribution in [0.3, 0.4) is 0 Å². The second-order valence-corrected chi connectivity index (χ2v) is 7.41. The van der Waals surface area contributed by atoms with E-state index in [1.54, 1.807) is 6.92 Å². The molecule has 6 nitrogen and oxygen atoms in total. The van der Waals surface area contributed by atoms with Crippen LogP contribution in [0.1, 0.15) is 46.5 Å². The molecule has 1 fully saturated rings. The molecule has 2 heterocycles. The van der Waals surface area contributed by atoms with Crippen LogP contribution in [0.5, 0.6) is 0 Å². The Morgan fingerprint density at radius 2 is 1.52 bits per heavy atom. The standard InChI is InChI=1S/C23H26N4O2/c1-17(24)22-25-20(16-29-22)23(28)27-14-12-26(13-15-27)21(18-8-4-2-5-9-18)19-10-6-3-7-11-19/h2-11,16-17,21H,12-15,24H2,1H3. The van der Waals surface area contributed by atoms with E-state index < -0.39 is 0 Å². The van der Waals surface area contributed by atoms with Crippen molar-refractivity contribution >= 4 is 5.91 Å². The molecule has 6 heteroatoms. The predicted octanol–water partition coefficient (Wildman–Crippen LogP) is 3.24. The Bertz CT molecular complexity index is 892. The first-order valence-corrected chi connectivity index (χ1v) is 9.97. The highest BCUT2D eigenvalue weighted by atomic mass is 16.3. The molecule has 1 saturated heterocycles. The van der Waals surface area contributed by atoms with Crippen molar-refractivity contribution < 1.29 is 9.21 Å². The molecule has 1 atom stereocenters. The molecule has 0 bridgehead atoms. The first-order valence-electron chi connectivity index (χ1n) is 9.97. The Hall–Kier alpha value is -2.96. The summed E-state index contributed by atoms with van der Waals surface area (Å²) < 4.78 is 5.32. The van der Waals surface area contributed by atoms with Gasteiger partial charge in [-0.15, -0.1) is 0 Å². The topological polar surface area (TPSA) is 75.6 Å². The number of amides is 1. The van der Waals surface area contributed by atoms with Crippen LogP contribution in [0.25, 0.3) is 0 Å². The molecule has 0 radical (unpaired) electrons. The Labute approximate surface area is 170 Å². The predicted molar refractivity (Wildman–Crippen MR) is 111 cm³/mol. The molecule has 0 saturated carbocycles. The normalized spacial score (nSPS) is 16.2. The van der Waals surface area contributed by atoms with Crippen molar-refractivity contribution in [1.29, 1.82) is 0 Å². The number of rotatable bonds is 5. The van der Waals surface area contributed by atoms with Crippen molar-refractivity contribution in [2.45, 2.75) is 19.0 Å². The maximum Gasteiger partial charge on any atom is 0.275 e. The van der Waals surface area contributed by atoms with E-state index in [-0.39, 0.29) is 18.0 Å². The van der Waals surface area contributed by atoms with Crippen molar-refractivity contribution in [3.8, 4) is 0 Å². The van der Waals surface area contributed by atoms with E-state index in [1.165, 1.54) is 17.4 Å². The van der Waals surface area contributed by atoms with Gasteiger partial charge >= 0.3 is 0 Å². The molecule has 150 valence electrons. The van der Waals surface area contributed by atoms with Crippen molar-refractivity contribution in [2.75, 3.05) is 26.2 Å². The van der Waals surface area contributed by atoms with Crippen molar-refractivity contribution in [1.82, 2.24) is 14.8 Å². The largest absolute Gasteiger partial charge is 0.446 e. The van der Waals surface area contributed by atoms with Gasteiger partial charge in [0.15, 0.2) is 5.69 Å². The number of hydrogen-bond acceptors (Lipinski definition) is 5. The summed E-state index contributed by atoms with van der Waals surface area (Å²) in [6, 6.07) is 20.9. The number of hydrogen-bond donors (Lipinski definition) is 1. The summed E-state index contributed by atoms with van der Waals surface area (Å²) in [7, 11) is 0. The molecule has 3 aromatic rings. The summed E-state index contributed by atoms with van der Waals surface area (Å²) in [6.45, 7) is 4.66. The number of carbonyl (C=O) groups excluding carboxylic acids is 1. The lowest BCUT2D eigenvalue weighted by molar-refractivity contribution is 0.0591. The minimum Gasteiger partial charge on any atom is -0.446 e. The quantitative estimate of drug-likeness (QED) is 0.724. The second-order valence-electron chi connectivity index (χ2n) is 7.41. The molecule has 0 aliphatic carbocycles.